The van der Waals surface area contributed by atoms with Gasteiger partial charge in [0.25, 0.3) is 0 Å². The number of ether oxygens (including phenoxy) is 1. The van der Waals surface area contributed by atoms with Crippen LogP contribution in [-0.4, -0.2) is 72.5 Å². The lowest BCUT2D eigenvalue weighted by molar-refractivity contribution is -0.133. The number of benzene rings is 1. The van der Waals surface area contributed by atoms with Gasteiger partial charge in [-0.15, -0.1) is 0 Å². The zero-order valence-electron chi connectivity index (χ0n) is 19.3. The normalized spacial score (nSPS) is 18.8. The molecule has 1 unspecified atom stereocenters. The van der Waals surface area contributed by atoms with Crippen molar-refractivity contribution in [2.75, 3.05) is 50.8 Å². The number of nitrogens with zero attached hydrogens (tertiary/aromatic N) is 4. The predicted octanol–water partition coefficient (Wildman–Crippen LogP) is 3.22. The molecule has 3 heterocycles. The first-order valence-corrected chi connectivity index (χ1v) is 12.1. The third-order valence-corrected chi connectivity index (χ3v) is 6.57. The first-order valence-electron chi connectivity index (χ1n) is 12.1. The molecule has 1 atom stereocenters. The summed E-state index contributed by atoms with van der Waals surface area (Å²) in [6.07, 6.45) is 5.71. The van der Waals surface area contributed by atoms with Gasteiger partial charge >= 0.3 is 0 Å². The molecule has 2 amide bonds. The zero-order valence-corrected chi connectivity index (χ0v) is 19.3. The molecule has 0 saturated carbocycles. The number of para-hydroxylation sites is 1. The minimum Gasteiger partial charge on any atom is -0.493 e. The lowest BCUT2D eigenvalue weighted by Gasteiger charge is -2.36. The summed E-state index contributed by atoms with van der Waals surface area (Å²) in [7, 11) is 0. The maximum absolute atomic E-state index is 12.8. The average Bonchev–Trinajstić information content (AvgIpc) is 2.88. The fraction of sp³-hybridized carbons (Fsp3) is 0.500. The molecule has 2 aliphatic heterocycles. The molecule has 0 radical (unpaired) electrons. The molecule has 0 bridgehead atoms. The lowest BCUT2D eigenvalue weighted by atomic mass is 9.93. The van der Waals surface area contributed by atoms with Crippen LogP contribution in [0.2, 0.25) is 0 Å². The van der Waals surface area contributed by atoms with Gasteiger partial charge in [0.05, 0.1) is 13.0 Å². The van der Waals surface area contributed by atoms with E-state index in [9.17, 15) is 9.59 Å². The van der Waals surface area contributed by atoms with E-state index in [4.69, 9.17) is 4.74 Å². The molecule has 33 heavy (non-hydrogen) atoms. The summed E-state index contributed by atoms with van der Waals surface area (Å²) in [6.45, 7) is 5.08. The van der Waals surface area contributed by atoms with E-state index in [2.05, 4.69) is 9.88 Å². The van der Waals surface area contributed by atoms with Crippen molar-refractivity contribution in [1.82, 2.24) is 14.8 Å². The number of aromatic nitrogens is 1. The van der Waals surface area contributed by atoms with E-state index in [1.54, 1.807) is 6.20 Å². The van der Waals surface area contributed by atoms with E-state index in [-0.39, 0.29) is 11.8 Å². The average molecular weight is 451 g/mol. The number of carbonyl (C=O) groups excluding carboxylic acids is 2. The van der Waals surface area contributed by atoms with Crippen LogP contribution < -0.4 is 9.64 Å². The van der Waals surface area contributed by atoms with Crippen molar-refractivity contribution in [1.29, 1.82) is 0 Å². The topological polar surface area (TPSA) is 66.0 Å². The molecule has 1 aromatic carbocycles. The highest BCUT2D eigenvalue weighted by Crippen LogP contribution is 2.23. The Bertz CT molecular complexity index is 885. The number of piperazine rings is 1. The molecule has 4 rings (SSSR count). The lowest BCUT2D eigenvalue weighted by Crippen LogP contribution is -2.49. The van der Waals surface area contributed by atoms with Gasteiger partial charge in [-0.25, -0.2) is 4.98 Å². The molecule has 176 valence electrons. The summed E-state index contributed by atoms with van der Waals surface area (Å²) in [5, 5.41) is 0. The molecule has 0 N–H and O–H groups in total. The van der Waals surface area contributed by atoms with Crippen LogP contribution in [0.1, 0.15) is 32.1 Å². The van der Waals surface area contributed by atoms with Crippen LogP contribution in [0.5, 0.6) is 5.75 Å². The number of pyridine rings is 1. The molecule has 2 aliphatic rings. The quantitative estimate of drug-likeness (QED) is 0.618. The molecule has 7 nitrogen and oxygen atoms in total. The molecular formula is C26H34N4O3. The molecule has 2 fully saturated rings. The third-order valence-electron chi connectivity index (χ3n) is 6.57. The highest BCUT2D eigenvalue weighted by Gasteiger charge is 2.26. The molecule has 1 aromatic heterocycles. The third kappa shape index (κ3) is 6.70. The van der Waals surface area contributed by atoms with Gasteiger partial charge in [0.2, 0.25) is 11.8 Å². The largest absolute Gasteiger partial charge is 0.493 e. The van der Waals surface area contributed by atoms with Gasteiger partial charge in [0, 0.05) is 51.9 Å². The molecule has 7 heteroatoms. The first-order chi connectivity index (χ1) is 16.2. The standard InChI is InChI=1S/C26H34N4O3/c31-25(29-18-16-28(17-19-29)24-10-4-5-14-27-24)12-11-22-7-6-15-30(21-22)26(32)13-20-33-23-8-2-1-3-9-23/h1-5,8-10,14,22H,6-7,11-13,15-21H2. The Balaban J connectivity index is 1.15. The van der Waals surface area contributed by atoms with Crippen LogP contribution in [0.15, 0.2) is 54.7 Å². The summed E-state index contributed by atoms with van der Waals surface area (Å²) < 4.78 is 5.67. The van der Waals surface area contributed by atoms with Gasteiger partial charge in [-0.2, -0.15) is 0 Å². The molecular weight excluding hydrogens is 416 g/mol. The summed E-state index contributed by atoms with van der Waals surface area (Å²) >= 11 is 0. The number of likely N-dealkylation sites (tertiary alicyclic amines) is 1. The molecule has 0 aliphatic carbocycles. The zero-order chi connectivity index (χ0) is 22.9. The van der Waals surface area contributed by atoms with Gasteiger partial charge < -0.3 is 19.4 Å². The van der Waals surface area contributed by atoms with Crippen LogP contribution in [0.3, 0.4) is 0 Å². The van der Waals surface area contributed by atoms with Crippen LogP contribution >= 0.6 is 0 Å². The van der Waals surface area contributed by atoms with E-state index in [1.807, 2.05) is 58.3 Å². The van der Waals surface area contributed by atoms with Gasteiger partial charge in [0.1, 0.15) is 11.6 Å². The van der Waals surface area contributed by atoms with E-state index in [0.29, 0.717) is 25.4 Å². The maximum Gasteiger partial charge on any atom is 0.226 e. The second kappa shape index (κ2) is 11.7. The fourth-order valence-corrected chi connectivity index (χ4v) is 4.67. The van der Waals surface area contributed by atoms with Crippen LogP contribution in [0, 0.1) is 5.92 Å². The second-order valence-corrected chi connectivity index (χ2v) is 8.85. The van der Waals surface area contributed by atoms with Gasteiger partial charge in [-0.3, -0.25) is 9.59 Å². The van der Waals surface area contributed by atoms with E-state index in [0.717, 1.165) is 70.1 Å². The van der Waals surface area contributed by atoms with Gasteiger partial charge in [-0.05, 0) is 49.4 Å². The number of amides is 2. The summed E-state index contributed by atoms with van der Waals surface area (Å²) in [5.41, 5.74) is 0. The first kappa shape index (κ1) is 23.1. The van der Waals surface area contributed by atoms with E-state index < -0.39 is 0 Å². The molecule has 0 spiro atoms. The highest BCUT2D eigenvalue weighted by atomic mass is 16.5. The van der Waals surface area contributed by atoms with E-state index in [1.165, 1.54) is 0 Å². The highest BCUT2D eigenvalue weighted by molar-refractivity contribution is 5.77. The summed E-state index contributed by atoms with van der Waals surface area (Å²) in [4.78, 5) is 36.0. The number of hydrogen-bond donors (Lipinski definition) is 0. The Kier molecular flexibility index (Phi) is 8.17. The maximum atomic E-state index is 12.8. The minimum atomic E-state index is 0.146. The monoisotopic (exact) mass is 450 g/mol. The summed E-state index contributed by atoms with van der Waals surface area (Å²) in [5.74, 6) is 2.55. The van der Waals surface area contributed by atoms with Crippen LogP contribution in [0.4, 0.5) is 5.82 Å². The Morgan fingerprint density at radius 3 is 2.39 bits per heavy atom. The minimum absolute atomic E-state index is 0.146. The SMILES string of the molecule is O=C(CCC1CCCN(C(=O)CCOc2ccccc2)C1)N1CCN(c2ccccn2)CC1. The Labute approximate surface area is 196 Å². The van der Waals surface area contributed by atoms with Crippen molar-refractivity contribution in [2.45, 2.75) is 32.1 Å². The van der Waals surface area contributed by atoms with Crippen molar-refractivity contribution in [3.8, 4) is 5.75 Å². The number of hydrogen-bond acceptors (Lipinski definition) is 5. The van der Waals surface area contributed by atoms with Gasteiger partial charge in [0.15, 0.2) is 0 Å². The number of rotatable bonds is 8. The Morgan fingerprint density at radius 1 is 0.879 bits per heavy atom. The van der Waals surface area contributed by atoms with E-state index >= 15 is 0 Å². The van der Waals surface area contributed by atoms with Crippen molar-refractivity contribution in [2.24, 2.45) is 5.92 Å². The number of anilines is 1. The second-order valence-electron chi connectivity index (χ2n) is 8.85. The van der Waals surface area contributed by atoms with Crippen molar-refractivity contribution >= 4 is 17.6 Å². The molecule has 2 saturated heterocycles. The molecule has 2 aromatic rings. The predicted molar refractivity (Wildman–Crippen MR) is 128 cm³/mol. The van der Waals surface area contributed by atoms with Crippen molar-refractivity contribution in [3.63, 3.8) is 0 Å². The van der Waals surface area contributed by atoms with Crippen LogP contribution in [-0.2, 0) is 9.59 Å². The smallest absolute Gasteiger partial charge is 0.226 e. The summed E-state index contributed by atoms with van der Waals surface area (Å²) in [6, 6.07) is 15.5. The number of piperidine rings is 1. The Hall–Kier alpha value is -3.09. The number of carbonyl (C=O) groups is 2. The van der Waals surface area contributed by atoms with Crippen molar-refractivity contribution in [3.05, 3.63) is 54.7 Å². The van der Waals surface area contributed by atoms with Crippen molar-refractivity contribution < 1.29 is 14.3 Å². The van der Waals surface area contributed by atoms with Crippen LogP contribution in [0.25, 0.3) is 0 Å². The van der Waals surface area contributed by atoms with Gasteiger partial charge in [-0.1, -0.05) is 24.3 Å². The Morgan fingerprint density at radius 2 is 1.64 bits per heavy atom. The fourth-order valence-electron chi connectivity index (χ4n) is 4.67.